The van der Waals surface area contributed by atoms with E-state index in [1.54, 1.807) is 12.1 Å². The molecule has 0 saturated heterocycles. The predicted molar refractivity (Wildman–Crippen MR) is 75.0 cm³/mol. The van der Waals surface area contributed by atoms with Crippen molar-refractivity contribution in [2.24, 2.45) is 0 Å². The summed E-state index contributed by atoms with van der Waals surface area (Å²) < 4.78 is 19.0. The third-order valence-electron chi connectivity index (χ3n) is 2.77. The van der Waals surface area contributed by atoms with Crippen LogP contribution >= 0.6 is 15.9 Å². The minimum atomic E-state index is -0.575. The highest BCUT2D eigenvalue weighted by molar-refractivity contribution is 9.08. The van der Waals surface area contributed by atoms with Gasteiger partial charge in [-0.1, -0.05) is 28.1 Å². The van der Waals surface area contributed by atoms with Gasteiger partial charge in [-0.2, -0.15) is 5.26 Å². The molecule has 2 rings (SSSR count). The van der Waals surface area contributed by atoms with Crippen molar-refractivity contribution in [3.05, 3.63) is 58.9 Å². The first-order valence-electron chi connectivity index (χ1n) is 5.67. The lowest BCUT2D eigenvalue weighted by Crippen LogP contribution is -1.93. The Morgan fingerprint density at radius 2 is 2.11 bits per heavy atom. The molecule has 0 aliphatic heterocycles. The van der Waals surface area contributed by atoms with E-state index in [1.165, 1.54) is 12.1 Å². The number of nitrogens with zero attached hydrogens (tertiary/aromatic N) is 1. The zero-order valence-corrected chi connectivity index (χ0v) is 11.9. The molecule has 0 unspecified atom stereocenters. The van der Waals surface area contributed by atoms with Crippen LogP contribution in [0.25, 0.3) is 0 Å². The van der Waals surface area contributed by atoms with Crippen LogP contribution in [0.1, 0.15) is 16.7 Å². The summed E-state index contributed by atoms with van der Waals surface area (Å²) in [6, 6.07) is 11.8. The summed E-state index contributed by atoms with van der Waals surface area (Å²) in [5, 5.41) is 9.70. The summed E-state index contributed by atoms with van der Waals surface area (Å²) in [5.41, 5.74) is 2.15. The number of hydrogen-bond donors (Lipinski definition) is 0. The minimum absolute atomic E-state index is 0.0790. The smallest absolute Gasteiger partial charge is 0.148 e. The van der Waals surface area contributed by atoms with Crippen LogP contribution in [0.3, 0.4) is 0 Å². The van der Waals surface area contributed by atoms with Crippen molar-refractivity contribution < 1.29 is 9.13 Å². The Morgan fingerprint density at radius 3 is 2.74 bits per heavy atom. The predicted octanol–water partition coefficient (Wildman–Crippen LogP) is 4.69. The number of aryl methyl sites for hydroxylation is 1. The Bertz CT molecular complexity index is 649. The lowest BCUT2D eigenvalue weighted by molar-refractivity contribution is 0.474. The number of alkyl halides is 1. The van der Waals surface area contributed by atoms with Gasteiger partial charge >= 0.3 is 0 Å². The topological polar surface area (TPSA) is 33.0 Å². The van der Waals surface area contributed by atoms with Crippen molar-refractivity contribution in [3.63, 3.8) is 0 Å². The molecule has 0 amide bonds. The number of nitriles is 1. The minimum Gasteiger partial charge on any atom is -0.456 e. The molecule has 0 aliphatic rings. The molecule has 2 aromatic rings. The van der Waals surface area contributed by atoms with Gasteiger partial charge in [0.15, 0.2) is 0 Å². The van der Waals surface area contributed by atoms with Crippen LogP contribution in [0, 0.1) is 24.1 Å². The first kappa shape index (κ1) is 13.6. The van der Waals surface area contributed by atoms with E-state index >= 15 is 0 Å². The van der Waals surface area contributed by atoms with Crippen LogP contribution in [0.4, 0.5) is 4.39 Å². The zero-order valence-electron chi connectivity index (χ0n) is 10.3. The average Bonchev–Trinajstić information content (AvgIpc) is 2.39. The lowest BCUT2D eigenvalue weighted by atomic mass is 10.1. The van der Waals surface area contributed by atoms with Gasteiger partial charge in [0.05, 0.1) is 0 Å². The fourth-order valence-electron chi connectivity index (χ4n) is 1.71. The van der Waals surface area contributed by atoms with E-state index < -0.39 is 5.82 Å². The molecule has 0 aliphatic carbocycles. The lowest BCUT2D eigenvalue weighted by Gasteiger charge is -2.10. The number of ether oxygens (including phenoxy) is 1. The van der Waals surface area contributed by atoms with Crippen molar-refractivity contribution in [3.8, 4) is 17.6 Å². The Morgan fingerprint density at radius 1 is 1.32 bits per heavy atom. The zero-order chi connectivity index (χ0) is 13.8. The number of rotatable bonds is 3. The fraction of sp³-hybridized carbons (Fsp3) is 0.133. The van der Waals surface area contributed by atoms with Gasteiger partial charge in [-0.25, -0.2) is 4.39 Å². The monoisotopic (exact) mass is 319 g/mol. The Hall–Kier alpha value is -1.86. The molecule has 0 saturated carbocycles. The second-order valence-electron chi connectivity index (χ2n) is 4.05. The highest BCUT2D eigenvalue weighted by Gasteiger charge is 2.10. The van der Waals surface area contributed by atoms with Gasteiger partial charge < -0.3 is 4.74 Å². The molecule has 0 heterocycles. The molecule has 0 radical (unpaired) electrons. The van der Waals surface area contributed by atoms with E-state index in [0.29, 0.717) is 5.75 Å². The molecule has 0 bridgehead atoms. The maximum atomic E-state index is 13.4. The largest absolute Gasteiger partial charge is 0.456 e. The summed E-state index contributed by atoms with van der Waals surface area (Å²) in [5.74, 6) is 0.242. The summed E-state index contributed by atoms with van der Waals surface area (Å²) >= 11 is 3.40. The molecule has 2 aromatic carbocycles. The van der Waals surface area contributed by atoms with E-state index in [-0.39, 0.29) is 11.3 Å². The molecular weight excluding hydrogens is 309 g/mol. The second kappa shape index (κ2) is 5.85. The molecule has 0 N–H and O–H groups in total. The fourth-order valence-corrected chi connectivity index (χ4v) is 2.34. The van der Waals surface area contributed by atoms with Crippen LogP contribution in [0.15, 0.2) is 36.4 Å². The van der Waals surface area contributed by atoms with E-state index in [9.17, 15) is 4.39 Å². The van der Waals surface area contributed by atoms with E-state index in [0.717, 1.165) is 16.5 Å². The van der Waals surface area contributed by atoms with Gasteiger partial charge in [0.25, 0.3) is 0 Å². The third kappa shape index (κ3) is 2.94. The molecule has 0 atom stereocenters. The molecule has 96 valence electrons. The summed E-state index contributed by atoms with van der Waals surface area (Å²) in [6.07, 6.45) is 0. The number of hydrogen-bond acceptors (Lipinski definition) is 2. The van der Waals surface area contributed by atoms with Gasteiger partial charge in [0.1, 0.15) is 28.9 Å². The molecule has 2 nitrogen and oxygen atoms in total. The molecule has 0 aromatic heterocycles. The maximum absolute atomic E-state index is 13.4. The van der Waals surface area contributed by atoms with Crippen LogP contribution in [-0.2, 0) is 5.33 Å². The van der Waals surface area contributed by atoms with Gasteiger partial charge in [0.2, 0.25) is 0 Å². The van der Waals surface area contributed by atoms with Crippen molar-refractivity contribution in [1.82, 2.24) is 0 Å². The van der Waals surface area contributed by atoms with Crippen LogP contribution in [0.5, 0.6) is 11.5 Å². The molecular formula is C15H11BrFNO. The standard InChI is InChI=1S/C15H11BrFNO/c1-10-7-12(6-5-11(10)8-16)19-15-4-2-3-14(17)13(15)9-18/h2-7H,8H2,1H3. The third-order valence-corrected chi connectivity index (χ3v) is 3.38. The quantitative estimate of drug-likeness (QED) is 0.769. The van der Waals surface area contributed by atoms with Gasteiger partial charge in [-0.15, -0.1) is 0 Å². The highest BCUT2D eigenvalue weighted by Crippen LogP contribution is 2.28. The Balaban J connectivity index is 2.34. The van der Waals surface area contributed by atoms with Crippen molar-refractivity contribution >= 4 is 15.9 Å². The number of halogens is 2. The van der Waals surface area contributed by atoms with Crippen LogP contribution < -0.4 is 4.74 Å². The average molecular weight is 320 g/mol. The Kier molecular flexibility index (Phi) is 4.18. The van der Waals surface area contributed by atoms with Gasteiger partial charge in [-0.05, 0) is 42.3 Å². The van der Waals surface area contributed by atoms with Crippen molar-refractivity contribution in [2.75, 3.05) is 0 Å². The van der Waals surface area contributed by atoms with Gasteiger partial charge in [-0.3, -0.25) is 0 Å². The first-order valence-corrected chi connectivity index (χ1v) is 6.80. The van der Waals surface area contributed by atoms with Crippen LogP contribution in [-0.4, -0.2) is 0 Å². The highest BCUT2D eigenvalue weighted by atomic mass is 79.9. The normalized spacial score (nSPS) is 10.0. The summed E-state index contributed by atoms with van der Waals surface area (Å²) in [7, 11) is 0. The molecule has 0 fully saturated rings. The maximum Gasteiger partial charge on any atom is 0.148 e. The molecule has 0 spiro atoms. The SMILES string of the molecule is Cc1cc(Oc2cccc(F)c2C#N)ccc1CBr. The first-order chi connectivity index (χ1) is 9.15. The Labute approximate surface area is 119 Å². The van der Waals surface area contributed by atoms with E-state index in [1.807, 2.05) is 25.1 Å². The summed E-state index contributed by atoms with van der Waals surface area (Å²) in [4.78, 5) is 0. The second-order valence-corrected chi connectivity index (χ2v) is 4.61. The summed E-state index contributed by atoms with van der Waals surface area (Å²) in [6.45, 7) is 1.97. The van der Waals surface area contributed by atoms with Crippen molar-refractivity contribution in [2.45, 2.75) is 12.3 Å². The van der Waals surface area contributed by atoms with E-state index in [2.05, 4.69) is 15.9 Å². The van der Waals surface area contributed by atoms with Crippen molar-refractivity contribution in [1.29, 1.82) is 5.26 Å². The van der Waals surface area contributed by atoms with E-state index in [4.69, 9.17) is 10.00 Å². The molecule has 4 heteroatoms. The number of benzene rings is 2. The van der Waals surface area contributed by atoms with Crippen LogP contribution in [0.2, 0.25) is 0 Å². The van der Waals surface area contributed by atoms with Gasteiger partial charge in [0, 0.05) is 5.33 Å². The molecule has 19 heavy (non-hydrogen) atoms.